The molecule has 2 heterocycles. The van der Waals surface area contributed by atoms with Gasteiger partial charge >= 0.3 is 0 Å². The molecule has 0 aliphatic carbocycles. The number of anilines is 1. The minimum atomic E-state index is -0.0746. The lowest BCUT2D eigenvalue weighted by atomic mass is 10.1. The van der Waals surface area contributed by atoms with Gasteiger partial charge in [0.1, 0.15) is 5.71 Å². The second kappa shape index (κ2) is 7.78. The van der Waals surface area contributed by atoms with Gasteiger partial charge in [-0.15, -0.1) is 0 Å². The fourth-order valence-corrected chi connectivity index (χ4v) is 3.25. The molecular weight excluding hydrogens is 318 g/mol. The van der Waals surface area contributed by atoms with Crippen LogP contribution in [0.1, 0.15) is 31.7 Å². The van der Waals surface area contributed by atoms with Crippen molar-refractivity contribution in [2.45, 2.75) is 33.1 Å². The lowest BCUT2D eigenvalue weighted by Crippen LogP contribution is -2.43. The maximum atomic E-state index is 12.9. The van der Waals surface area contributed by atoms with Crippen molar-refractivity contribution in [3.05, 3.63) is 29.8 Å². The molecule has 6 nitrogen and oxygen atoms in total. The Morgan fingerprint density at radius 1 is 1.40 bits per heavy atom. The van der Waals surface area contributed by atoms with Gasteiger partial charge in [0.25, 0.3) is 5.91 Å². The summed E-state index contributed by atoms with van der Waals surface area (Å²) in [7, 11) is 0. The Labute approximate surface area is 148 Å². The summed E-state index contributed by atoms with van der Waals surface area (Å²) < 4.78 is 5.41. The number of aryl methyl sites for hydroxylation is 1. The predicted octanol–water partition coefficient (Wildman–Crippen LogP) is 2.36. The molecule has 2 aliphatic heterocycles. The van der Waals surface area contributed by atoms with E-state index in [1.807, 2.05) is 43.0 Å². The molecule has 2 aliphatic rings. The van der Waals surface area contributed by atoms with Crippen LogP contribution in [0.15, 0.2) is 29.4 Å². The summed E-state index contributed by atoms with van der Waals surface area (Å²) in [4.78, 5) is 27.0. The Kier molecular flexibility index (Phi) is 5.48. The second-order valence-corrected chi connectivity index (χ2v) is 6.66. The van der Waals surface area contributed by atoms with Crippen LogP contribution in [0.25, 0.3) is 0 Å². The molecule has 0 saturated carbocycles. The highest BCUT2D eigenvalue weighted by Gasteiger charge is 2.29. The molecule has 0 unspecified atom stereocenters. The average Bonchev–Trinajstić information content (AvgIpc) is 3.12. The first kappa shape index (κ1) is 17.6. The van der Waals surface area contributed by atoms with Crippen molar-refractivity contribution in [1.82, 2.24) is 4.90 Å². The van der Waals surface area contributed by atoms with Crippen molar-refractivity contribution in [1.29, 1.82) is 0 Å². The Bertz CT molecular complexity index is 680. The normalized spacial score (nSPS) is 20.6. The van der Waals surface area contributed by atoms with Gasteiger partial charge in [0.2, 0.25) is 5.91 Å². The van der Waals surface area contributed by atoms with Crippen LogP contribution in [-0.2, 0) is 14.3 Å². The molecule has 1 aromatic rings. The Morgan fingerprint density at radius 3 is 2.92 bits per heavy atom. The Morgan fingerprint density at radius 2 is 2.24 bits per heavy atom. The minimum Gasteiger partial charge on any atom is -0.381 e. The zero-order chi connectivity index (χ0) is 17.8. The number of hydrazone groups is 1. The zero-order valence-electron chi connectivity index (χ0n) is 14.9. The second-order valence-electron chi connectivity index (χ2n) is 6.66. The molecule has 1 saturated heterocycles. The van der Waals surface area contributed by atoms with Crippen molar-refractivity contribution in [2.75, 3.05) is 31.3 Å². The van der Waals surface area contributed by atoms with E-state index < -0.39 is 0 Å². The van der Waals surface area contributed by atoms with E-state index in [2.05, 4.69) is 5.10 Å². The summed E-state index contributed by atoms with van der Waals surface area (Å²) in [6.07, 6.45) is 1.70. The van der Waals surface area contributed by atoms with E-state index in [4.69, 9.17) is 4.74 Å². The van der Waals surface area contributed by atoms with Gasteiger partial charge in [0.15, 0.2) is 0 Å². The van der Waals surface area contributed by atoms with Gasteiger partial charge in [-0.25, -0.2) is 5.01 Å². The molecule has 1 fully saturated rings. The number of ether oxygens (including phenoxy) is 1. The fraction of sp³-hybridized carbons (Fsp3) is 0.526. The Hall–Kier alpha value is -2.21. The summed E-state index contributed by atoms with van der Waals surface area (Å²) in [5.74, 6) is 0.247. The van der Waals surface area contributed by atoms with Crippen LogP contribution < -0.4 is 5.01 Å². The quantitative estimate of drug-likeness (QED) is 0.824. The van der Waals surface area contributed by atoms with Gasteiger partial charge in [-0.1, -0.05) is 12.1 Å². The molecule has 1 aromatic carbocycles. The number of rotatable bonds is 5. The minimum absolute atomic E-state index is 0.0699. The molecule has 6 heteroatoms. The van der Waals surface area contributed by atoms with Crippen molar-refractivity contribution in [3.8, 4) is 0 Å². The van der Waals surface area contributed by atoms with Gasteiger partial charge in [-0.2, -0.15) is 5.10 Å². The van der Waals surface area contributed by atoms with Crippen molar-refractivity contribution in [2.24, 2.45) is 11.0 Å². The monoisotopic (exact) mass is 343 g/mol. The number of benzene rings is 1. The molecule has 2 amide bonds. The van der Waals surface area contributed by atoms with E-state index in [-0.39, 0.29) is 11.8 Å². The number of nitrogens with zero attached hydrogens (tertiary/aromatic N) is 3. The van der Waals surface area contributed by atoms with Crippen LogP contribution in [0.3, 0.4) is 0 Å². The third-order valence-corrected chi connectivity index (χ3v) is 4.70. The van der Waals surface area contributed by atoms with Crippen LogP contribution >= 0.6 is 0 Å². The predicted molar refractivity (Wildman–Crippen MR) is 96.5 cm³/mol. The van der Waals surface area contributed by atoms with Crippen LogP contribution in [-0.4, -0.2) is 48.7 Å². The highest BCUT2D eigenvalue weighted by Crippen LogP contribution is 2.22. The third kappa shape index (κ3) is 4.07. The van der Waals surface area contributed by atoms with E-state index in [1.54, 1.807) is 0 Å². The lowest BCUT2D eigenvalue weighted by Gasteiger charge is -2.28. The molecule has 25 heavy (non-hydrogen) atoms. The molecule has 0 N–H and O–H groups in total. The van der Waals surface area contributed by atoms with E-state index in [0.29, 0.717) is 49.9 Å². The Balaban J connectivity index is 1.78. The van der Waals surface area contributed by atoms with Gasteiger partial charge in [-0.05, 0) is 38.0 Å². The summed E-state index contributed by atoms with van der Waals surface area (Å²) in [5.41, 5.74) is 2.22. The highest BCUT2D eigenvalue weighted by atomic mass is 16.5. The van der Waals surface area contributed by atoms with E-state index in [1.165, 1.54) is 5.01 Å². The molecule has 0 bridgehead atoms. The maximum Gasteiger partial charge on any atom is 0.270 e. The summed E-state index contributed by atoms with van der Waals surface area (Å²) >= 11 is 0. The van der Waals surface area contributed by atoms with E-state index in [9.17, 15) is 9.59 Å². The van der Waals surface area contributed by atoms with Crippen LogP contribution in [0.5, 0.6) is 0 Å². The third-order valence-electron chi connectivity index (χ3n) is 4.70. The molecule has 134 valence electrons. The SMILES string of the molecule is CCN(C[C@@H]1CCOC1)C(=O)C1=NN(c2cccc(C)c2)C(=O)CC1. The first-order valence-corrected chi connectivity index (χ1v) is 8.92. The molecular formula is C19H25N3O3. The molecule has 0 aromatic heterocycles. The molecule has 1 atom stereocenters. The number of hydrogen-bond acceptors (Lipinski definition) is 4. The first-order chi connectivity index (χ1) is 12.1. The molecule has 3 rings (SSSR count). The summed E-state index contributed by atoms with van der Waals surface area (Å²) in [5, 5.41) is 5.77. The molecule has 0 spiro atoms. The summed E-state index contributed by atoms with van der Waals surface area (Å²) in [6.45, 7) is 6.74. The maximum absolute atomic E-state index is 12.9. The van der Waals surface area contributed by atoms with Gasteiger partial charge in [0.05, 0.1) is 12.3 Å². The summed E-state index contributed by atoms with van der Waals surface area (Å²) in [6, 6.07) is 7.61. The van der Waals surface area contributed by atoms with E-state index >= 15 is 0 Å². The first-order valence-electron chi connectivity index (χ1n) is 8.92. The highest BCUT2D eigenvalue weighted by molar-refractivity contribution is 6.40. The fourth-order valence-electron chi connectivity index (χ4n) is 3.25. The zero-order valence-corrected chi connectivity index (χ0v) is 14.9. The largest absolute Gasteiger partial charge is 0.381 e. The van der Waals surface area contributed by atoms with Gasteiger partial charge in [-0.3, -0.25) is 9.59 Å². The van der Waals surface area contributed by atoms with Crippen molar-refractivity contribution in [3.63, 3.8) is 0 Å². The van der Waals surface area contributed by atoms with Crippen LogP contribution in [0.4, 0.5) is 5.69 Å². The van der Waals surface area contributed by atoms with E-state index in [0.717, 1.165) is 18.6 Å². The smallest absolute Gasteiger partial charge is 0.270 e. The number of carbonyl (C=O) groups excluding carboxylic acids is 2. The molecule has 0 radical (unpaired) electrons. The standard InChI is InChI=1S/C19H25N3O3/c1-3-21(12-15-9-10-25-13-15)19(24)17-7-8-18(23)22(20-17)16-6-4-5-14(2)11-16/h4-6,11,15H,3,7-10,12-13H2,1-2H3/t15-/m0/s1. The van der Waals surface area contributed by atoms with Gasteiger partial charge in [0, 0.05) is 38.5 Å². The van der Waals surface area contributed by atoms with Crippen molar-refractivity contribution >= 4 is 23.2 Å². The number of carbonyl (C=O) groups is 2. The van der Waals surface area contributed by atoms with Crippen molar-refractivity contribution < 1.29 is 14.3 Å². The topological polar surface area (TPSA) is 62.2 Å². The lowest BCUT2D eigenvalue weighted by molar-refractivity contribution is -0.124. The number of hydrogen-bond donors (Lipinski definition) is 0. The van der Waals surface area contributed by atoms with Crippen LogP contribution in [0, 0.1) is 12.8 Å². The average molecular weight is 343 g/mol. The van der Waals surface area contributed by atoms with Gasteiger partial charge < -0.3 is 9.64 Å². The van der Waals surface area contributed by atoms with Crippen LogP contribution in [0.2, 0.25) is 0 Å². The number of amides is 2.